The molecule has 21 heavy (non-hydrogen) atoms. The molecule has 0 saturated carbocycles. The summed E-state index contributed by atoms with van der Waals surface area (Å²) in [5, 5.41) is 0. The maximum atomic E-state index is 3.78. The Hall–Kier alpha value is -1.11. The Kier molecular flexibility index (Phi) is 25.1. The van der Waals surface area contributed by atoms with Crippen molar-refractivity contribution in [2.24, 2.45) is 0 Å². The van der Waals surface area contributed by atoms with E-state index in [-0.39, 0.29) is 50.9 Å². The Balaban J connectivity index is -0.000000216. The lowest BCUT2D eigenvalue weighted by Gasteiger charge is -1.70. The van der Waals surface area contributed by atoms with Crippen LogP contribution in [0.4, 0.5) is 0 Å². The highest BCUT2D eigenvalue weighted by atomic mass is 79.9. The zero-order chi connectivity index (χ0) is 12.7. The summed E-state index contributed by atoms with van der Waals surface area (Å²) in [4.78, 5) is 11.4. The maximum absolute atomic E-state index is 3.78. The van der Waals surface area contributed by atoms with Gasteiger partial charge in [0.05, 0.1) is 0 Å². The first-order valence-corrected chi connectivity index (χ1v) is 5.55. The third kappa shape index (κ3) is 18.9. The van der Waals surface area contributed by atoms with Crippen molar-refractivity contribution in [1.82, 2.24) is 15.0 Å². The number of aromatic nitrogens is 3. The van der Waals surface area contributed by atoms with Gasteiger partial charge in [0, 0.05) is 37.2 Å². The van der Waals surface area contributed by atoms with Crippen LogP contribution in [0.3, 0.4) is 0 Å². The second-order valence-electron chi connectivity index (χ2n) is 3.07. The van der Waals surface area contributed by atoms with E-state index < -0.39 is 0 Å². The minimum atomic E-state index is 0. The zero-order valence-electron chi connectivity index (χ0n) is 11.2. The number of hydrogen-bond acceptors (Lipinski definition) is 3. The first-order chi connectivity index (χ1) is 9.00. The summed E-state index contributed by atoms with van der Waals surface area (Å²) in [6.45, 7) is 0. The summed E-state index contributed by atoms with van der Waals surface area (Å²) in [5.41, 5.74) is 0. The summed E-state index contributed by atoms with van der Waals surface area (Å²) in [5.74, 6) is 0. The highest BCUT2D eigenvalue weighted by Crippen LogP contribution is 1.74. The van der Waals surface area contributed by atoms with Crippen molar-refractivity contribution in [3.8, 4) is 0 Å². The highest BCUT2D eigenvalue weighted by Gasteiger charge is 1.59. The van der Waals surface area contributed by atoms with E-state index in [9.17, 15) is 0 Å². The van der Waals surface area contributed by atoms with Gasteiger partial charge in [-0.05, 0) is 36.4 Å². The van der Waals surface area contributed by atoms with Gasteiger partial charge in [0.25, 0.3) is 0 Å². The van der Waals surface area contributed by atoms with Gasteiger partial charge in [0.1, 0.15) is 0 Å². The monoisotopic (exact) mass is 477 g/mol. The molecule has 3 heterocycles. The molecule has 0 radical (unpaired) electrons. The molecule has 0 fully saturated rings. The van der Waals surface area contributed by atoms with E-state index in [1.165, 1.54) is 0 Å². The minimum absolute atomic E-state index is 0. The van der Waals surface area contributed by atoms with E-state index in [2.05, 4.69) is 15.0 Å². The van der Waals surface area contributed by atoms with Crippen LogP contribution < -0.4 is 0 Å². The molecule has 0 atom stereocenters. The molecule has 3 nitrogen and oxygen atoms in total. The molecule has 0 aliphatic rings. The number of hydrogen-bond donors (Lipinski definition) is 0. The van der Waals surface area contributed by atoms with Crippen LogP contribution in [0.5, 0.6) is 0 Å². The van der Waals surface area contributed by atoms with E-state index in [0.29, 0.717) is 0 Å². The Labute approximate surface area is 157 Å². The first-order valence-electron chi connectivity index (χ1n) is 5.55. The number of halogens is 3. The van der Waals surface area contributed by atoms with Crippen LogP contribution >= 0.6 is 50.9 Å². The number of rotatable bonds is 0. The van der Waals surface area contributed by atoms with Gasteiger partial charge in [-0.15, -0.1) is 50.9 Å². The topological polar surface area (TPSA) is 38.7 Å². The number of pyridine rings is 3. The maximum Gasteiger partial charge on any atom is 0.0267 e. The molecule has 0 unspecified atom stereocenters. The molecular formula is C15H18Br3N3. The summed E-state index contributed by atoms with van der Waals surface area (Å²) in [6.07, 6.45) is 10.5. The fourth-order valence-electron chi connectivity index (χ4n) is 0.938. The van der Waals surface area contributed by atoms with Crippen molar-refractivity contribution >= 4 is 50.9 Å². The van der Waals surface area contributed by atoms with Crippen molar-refractivity contribution in [3.63, 3.8) is 0 Å². The Bertz CT molecular complexity index is 315. The van der Waals surface area contributed by atoms with Gasteiger partial charge in [-0.2, -0.15) is 0 Å². The predicted molar refractivity (Wildman–Crippen MR) is 104 cm³/mol. The quantitative estimate of drug-likeness (QED) is 0.456. The van der Waals surface area contributed by atoms with Crippen molar-refractivity contribution in [1.29, 1.82) is 0 Å². The fraction of sp³-hybridized carbons (Fsp3) is 0. The van der Waals surface area contributed by atoms with Crippen LogP contribution in [-0.4, -0.2) is 15.0 Å². The molecule has 3 aromatic rings. The zero-order valence-corrected chi connectivity index (χ0v) is 16.4. The van der Waals surface area contributed by atoms with Gasteiger partial charge >= 0.3 is 0 Å². The van der Waals surface area contributed by atoms with Gasteiger partial charge < -0.3 is 0 Å². The van der Waals surface area contributed by atoms with Crippen LogP contribution in [0, 0.1) is 0 Å². The van der Waals surface area contributed by atoms with E-state index in [4.69, 9.17) is 0 Å². The lowest BCUT2D eigenvalue weighted by Crippen LogP contribution is -1.58. The molecule has 114 valence electrons. The molecule has 0 aromatic carbocycles. The summed E-state index contributed by atoms with van der Waals surface area (Å²) in [6, 6.07) is 17.1. The number of nitrogens with zero attached hydrogens (tertiary/aromatic N) is 3. The molecule has 0 amide bonds. The van der Waals surface area contributed by atoms with E-state index in [1.54, 1.807) is 37.2 Å². The van der Waals surface area contributed by atoms with Crippen LogP contribution in [0.25, 0.3) is 0 Å². The van der Waals surface area contributed by atoms with Crippen LogP contribution in [-0.2, 0) is 0 Å². The lowest BCUT2D eigenvalue weighted by molar-refractivity contribution is 1.33. The summed E-state index contributed by atoms with van der Waals surface area (Å²) >= 11 is 0. The second kappa shape index (κ2) is 21.2. The average molecular weight is 480 g/mol. The van der Waals surface area contributed by atoms with Crippen LogP contribution in [0.2, 0.25) is 0 Å². The highest BCUT2D eigenvalue weighted by molar-refractivity contribution is 8.93. The molecule has 0 aliphatic heterocycles. The predicted octanol–water partition coefficient (Wildman–Crippen LogP) is 4.98. The minimum Gasteiger partial charge on any atom is -0.265 e. The molecule has 3 aromatic heterocycles. The Morgan fingerprint density at radius 1 is 0.286 bits per heavy atom. The fourth-order valence-corrected chi connectivity index (χ4v) is 0.938. The van der Waals surface area contributed by atoms with Gasteiger partial charge in [-0.3, -0.25) is 15.0 Å². The van der Waals surface area contributed by atoms with Gasteiger partial charge in [-0.25, -0.2) is 0 Å². The summed E-state index contributed by atoms with van der Waals surface area (Å²) in [7, 11) is 0. The lowest BCUT2D eigenvalue weighted by atomic mass is 10.5. The molecule has 0 spiro atoms. The Morgan fingerprint density at radius 2 is 0.476 bits per heavy atom. The van der Waals surface area contributed by atoms with Crippen molar-refractivity contribution in [2.75, 3.05) is 0 Å². The van der Waals surface area contributed by atoms with Gasteiger partial charge in [-0.1, -0.05) is 18.2 Å². The smallest absolute Gasteiger partial charge is 0.0267 e. The summed E-state index contributed by atoms with van der Waals surface area (Å²) < 4.78 is 0. The molecule has 6 heteroatoms. The van der Waals surface area contributed by atoms with Crippen LogP contribution in [0.15, 0.2) is 91.8 Å². The molecule has 0 N–H and O–H groups in total. The largest absolute Gasteiger partial charge is 0.265 e. The first kappa shape index (κ1) is 24.9. The Morgan fingerprint density at radius 3 is 0.524 bits per heavy atom. The molecular weight excluding hydrogens is 462 g/mol. The second-order valence-corrected chi connectivity index (χ2v) is 3.07. The van der Waals surface area contributed by atoms with E-state index >= 15 is 0 Å². The van der Waals surface area contributed by atoms with Gasteiger partial charge in [0.15, 0.2) is 0 Å². The third-order valence-corrected chi connectivity index (χ3v) is 1.70. The van der Waals surface area contributed by atoms with Crippen LogP contribution in [0.1, 0.15) is 0 Å². The van der Waals surface area contributed by atoms with Gasteiger partial charge in [0.2, 0.25) is 0 Å². The molecule has 0 bridgehead atoms. The van der Waals surface area contributed by atoms with Crippen molar-refractivity contribution in [3.05, 3.63) is 91.8 Å². The molecule has 0 saturated heterocycles. The standard InChI is InChI=1S/3C5H5N.3BrH/c3*1-2-4-6-5-3-1;;;/h3*1-5H;3*1H. The third-order valence-electron chi connectivity index (χ3n) is 1.70. The normalized spacial score (nSPS) is 6.86. The van der Waals surface area contributed by atoms with E-state index in [1.807, 2.05) is 54.6 Å². The van der Waals surface area contributed by atoms with Crippen molar-refractivity contribution in [2.45, 2.75) is 0 Å². The average Bonchev–Trinajstić information content (AvgIpc) is 2.54. The molecule has 3 rings (SSSR count). The molecule has 0 aliphatic carbocycles. The van der Waals surface area contributed by atoms with E-state index in [0.717, 1.165) is 0 Å². The SMILES string of the molecule is Br.Br.Br.c1ccncc1.c1ccncc1.c1ccncc1. The van der Waals surface area contributed by atoms with Crippen molar-refractivity contribution < 1.29 is 0 Å².